The third-order valence-electron chi connectivity index (χ3n) is 9.01. The summed E-state index contributed by atoms with van der Waals surface area (Å²) in [5.74, 6) is 0.700. The molecule has 238 valence electrons. The smallest absolute Gasteiger partial charge is 0.312 e. The Morgan fingerprint density at radius 2 is 1.69 bits per heavy atom. The molecule has 1 fully saturated rings. The Labute approximate surface area is 265 Å². The van der Waals surface area contributed by atoms with Crippen molar-refractivity contribution >= 4 is 11.9 Å². The second-order valence-corrected chi connectivity index (χ2v) is 12.5. The summed E-state index contributed by atoms with van der Waals surface area (Å²) in [7, 11) is 1.78. The van der Waals surface area contributed by atoms with Gasteiger partial charge < -0.3 is 14.4 Å². The number of benzene rings is 2. The molecule has 1 amide bonds. The average molecular weight is 613 g/mol. The average Bonchev–Trinajstić information content (AvgIpc) is 3.55. The van der Waals surface area contributed by atoms with E-state index in [-0.39, 0.29) is 18.5 Å². The van der Waals surface area contributed by atoms with Crippen LogP contribution >= 0.6 is 0 Å². The number of rotatable bonds is 9. The zero-order chi connectivity index (χ0) is 32.5. The fraction of sp³-hybridized carbons (Fsp3) is 0.457. The van der Waals surface area contributed by atoms with Gasteiger partial charge in [0, 0.05) is 32.8 Å². The maximum Gasteiger partial charge on any atom is 0.312 e. The molecule has 0 radical (unpaired) electrons. The minimum Gasteiger partial charge on any atom is -0.466 e. The van der Waals surface area contributed by atoms with Gasteiger partial charge in [0.05, 0.1) is 30.0 Å². The zero-order valence-electron chi connectivity index (χ0n) is 27.7. The number of hydrogen-bond acceptors (Lipinski definition) is 7. The molecule has 4 aromatic rings. The highest BCUT2D eigenvalue weighted by Gasteiger charge is 2.45. The van der Waals surface area contributed by atoms with Gasteiger partial charge in [-0.25, -0.2) is 9.36 Å². The first kappa shape index (κ1) is 31.9. The van der Waals surface area contributed by atoms with E-state index in [0.717, 1.165) is 22.4 Å². The SMILES string of the molecule is CCOC(=O)C1(Cc2cn(Cc3cc(C)ccc3C)nn2)CCN(C(=O)c2c(C)nn(C)c2Oc2cc(C)cc(C)c2C)CC1. The Morgan fingerprint density at radius 3 is 2.40 bits per heavy atom. The topological polar surface area (TPSA) is 104 Å². The molecule has 0 bridgehead atoms. The van der Waals surface area contributed by atoms with E-state index in [4.69, 9.17) is 9.47 Å². The Bertz CT molecular complexity index is 1730. The maximum absolute atomic E-state index is 14.0. The van der Waals surface area contributed by atoms with Crippen LogP contribution in [0.1, 0.15) is 74.9 Å². The highest BCUT2D eigenvalue weighted by molar-refractivity contribution is 5.98. The van der Waals surface area contributed by atoms with Gasteiger partial charge in [-0.3, -0.25) is 9.59 Å². The van der Waals surface area contributed by atoms with Gasteiger partial charge in [0.15, 0.2) is 0 Å². The van der Waals surface area contributed by atoms with E-state index in [9.17, 15) is 9.59 Å². The molecular weight excluding hydrogens is 568 g/mol. The Kier molecular flexibility index (Phi) is 9.13. The molecule has 45 heavy (non-hydrogen) atoms. The first-order valence-electron chi connectivity index (χ1n) is 15.6. The number of nitrogens with zero attached hydrogens (tertiary/aromatic N) is 6. The molecule has 0 atom stereocenters. The number of esters is 1. The van der Waals surface area contributed by atoms with Crippen molar-refractivity contribution in [3.05, 3.63) is 86.9 Å². The van der Waals surface area contributed by atoms with Crippen molar-refractivity contribution in [1.82, 2.24) is 29.7 Å². The van der Waals surface area contributed by atoms with E-state index >= 15 is 0 Å². The number of carbonyl (C=O) groups excluding carboxylic acids is 2. The predicted octanol–water partition coefficient (Wildman–Crippen LogP) is 5.73. The lowest BCUT2D eigenvalue weighted by Crippen LogP contribution is -2.48. The molecule has 3 heterocycles. The summed E-state index contributed by atoms with van der Waals surface area (Å²) in [4.78, 5) is 29.2. The number of aromatic nitrogens is 5. The van der Waals surface area contributed by atoms with Crippen molar-refractivity contribution in [2.24, 2.45) is 12.5 Å². The first-order valence-corrected chi connectivity index (χ1v) is 15.6. The van der Waals surface area contributed by atoms with Crippen LogP contribution in [0, 0.1) is 47.0 Å². The number of ether oxygens (including phenoxy) is 2. The summed E-state index contributed by atoms with van der Waals surface area (Å²) in [6.07, 6.45) is 3.21. The van der Waals surface area contributed by atoms with E-state index in [0.29, 0.717) is 61.8 Å². The van der Waals surface area contributed by atoms with Crippen LogP contribution in [0.25, 0.3) is 0 Å². The lowest BCUT2D eigenvalue weighted by Gasteiger charge is -2.39. The molecule has 0 spiro atoms. The number of likely N-dealkylation sites (tertiary alicyclic amines) is 1. The normalized spacial score (nSPS) is 14.4. The van der Waals surface area contributed by atoms with Crippen molar-refractivity contribution < 1.29 is 19.1 Å². The molecule has 1 aliphatic rings. The van der Waals surface area contributed by atoms with E-state index < -0.39 is 5.41 Å². The van der Waals surface area contributed by atoms with Crippen molar-refractivity contribution in [1.29, 1.82) is 0 Å². The van der Waals surface area contributed by atoms with Crippen molar-refractivity contribution in [3.63, 3.8) is 0 Å². The lowest BCUT2D eigenvalue weighted by molar-refractivity contribution is -0.158. The molecule has 0 unspecified atom stereocenters. The van der Waals surface area contributed by atoms with Gasteiger partial charge in [-0.15, -0.1) is 5.10 Å². The lowest BCUT2D eigenvalue weighted by atomic mass is 9.74. The second-order valence-electron chi connectivity index (χ2n) is 12.5. The predicted molar refractivity (Wildman–Crippen MR) is 172 cm³/mol. The van der Waals surface area contributed by atoms with Crippen LogP contribution in [0.4, 0.5) is 0 Å². The van der Waals surface area contributed by atoms with Gasteiger partial charge in [0.1, 0.15) is 11.3 Å². The Balaban J connectivity index is 1.34. The molecule has 10 heteroatoms. The van der Waals surface area contributed by atoms with E-state index in [2.05, 4.69) is 53.5 Å². The highest BCUT2D eigenvalue weighted by Crippen LogP contribution is 2.38. The van der Waals surface area contributed by atoms with Crippen LogP contribution < -0.4 is 4.74 Å². The van der Waals surface area contributed by atoms with Crippen LogP contribution in [-0.4, -0.2) is 61.2 Å². The summed E-state index contributed by atoms with van der Waals surface area (Å²) in [6.45, 7) is 15.6. The zero-order valence-corrected chi connectivity index (χ0v) is 27.7. The number of amides is 1. The molecular formula is C35H44N6O4. The maximum atomic E-state index is 14.0. The highest BCUT2D eigenvalue weighted by atomic mass is 16.5. The number of hydrogen-bond donors (Lipinski definition) is 0. The van der Waals surface area contributed by atoms with Gasteiger partial charge in [-0.1, -0.05) is 35.0 Å². The van der Waals surface area contributed by atoms with Crippen LogP contribution in [-0.2, 0) is 29.5 Å². The fourth-order valence-electron chi connectivity index (χ4n) is 6.23. The Hall–Kier alpha value is -4.47. The van der Waals surface area contributed by atoms with Crippen LogP contribution in [0.2, 0.25) is 0 Å². The minimum absolute atomic E-state index is 0.158. The van der Waals surface area contributed by atoms with Crippen molar-refractivity contribution in [2.45, 2.75) is 74.3 Å². The van der Waals surface area contributed by atoms with E-state index in [1.165, 1.54) is 16.7 Å². The summed E-state index contributed by atoms with van der Waals surface area (Å²) < 4.78 is 15.4. The van der Waals surface area contributed by atoms with Gasteiger partial charge in [-0.2, -0.15) is 5.10 Å². The molecule has 1 aliphatic heterocycles. The van der Waals surface area contributed by atoms with Gasteiger partial charge in [0.2, 0.25) is 5.88 Å². The number of carbonyl (C=O) groups is 2. The van der Waals surface area contributed by atoms with Crippen molar-refractivity contribution in [3.8, 4) is 11.6 Å². The molecule has 0 N–H and O–H groups in total. The molecule has 10 nitrogen and oxygen atoms in total. The Morgan fingerprint density at radius 1 is 0.956 bits per heavy atom. The molecule has 2 aromatic carbocycles. The second kappa shape index (κ2) is 12.9. The monoisotopic (exact) mass is 612 g/mol. The summed E-state index contributed by atoms with van der Waals surface area (Å²) in [6, 6.07) is 10.5. The van der Waals surface area contributed by atoms with Crippen LogP contribution in [0.15, 0.2) is 36.5 Å². The van der Waals surface area contributed by atoms with E-state index in [1.54, 1.807) is 16.6 Å². The standard InChI is InChI=1S/C35H44N6O4/c1-9-44-34(43)35(19-29-21-41(38-36-29)20-28-17-22(2)10-11-24(28)4)12-14-40(15-13-35)32(42)31-27(7)37-39(8)33(31)45-30-18-23(3)16-25(5)26(30)6/h10-11,16-18,21H,9,12-15,19-20H2,1-8H3. The van der Waals surface area contributed by atoms with Crippen LogP contribution in [0.5, 0.6) is 11.6 Å². The molecule has 5 rings (SSSR count). The van der Waals surface area contributed by atoms with Gasteiger partial charge in [0.25, 0.3) is 5.91 Å². The number of aryl methyl sites for hydroxylation is 6. The number of piperidine rings is 1. The minimum atomic E-state index is -0.799. The molecule has 2 aromatic heterocycles. The summed E-state index contributed by atoms with van der Waals surface area (Å²) in [5.41, 5.74) is 7.75. The van der Waals surface area contributed by atoms with Crippen LogP contribution in [0.3, 0.4) is 0 Å². The van der Waals surface area contributed by atoms with Gasteiger partial charge in [-0.05, 0) is 95.2 Å². The fourth-order valence-corrected chi connectivity index (χ4v) is 6.23. The van der Waals surface area contributed by atoms with Crippen molar-refractivity contribution in [2.75, 3.05) is 19.7 Å². The molecule has 0 aliphatic carbocycles. The summed E-state index contributed by atoms with van der Waals surface area (Å²) in [5, 5.41) is 13.3. The quantitative estimate of drug-likeness (QED) is 0.222. The first-order chi connectivity index (χ1) is 21.4. The third-order valence-corrected chi connectivity index (χ3v) is 9.01. The summed E-state index contributed by atoms with van der Waals surface area (Å²) >= 11 is 0. The van der Waals surface area contributed by atoms with Gasteiger partial charge >= 0.3 is 5.97 Å². The molecule has 1 saturated heterocycles. The molecule has 0 saturated carbocycles. The largest absolute Gasteiger partial charge is 0.466 e. The third kappa shape index (κ3) is 6.65. The van der Waals surface area contributed by atoms with E-state index in [1.807, 2.05) is 51.6 Å².